The molecule has 7 nitrogen and oxygen atoms in total. The zero-order valence-electron chi connectivity index (χ0n) is 23.2. The van der Waals surface area contributed by atoms with Gasteiger partial charge in [-0.05, 0) is 60.7 Å². The second-order valence-electron chi connectivity index (χ2n) is 10.5. The lowest BCUT2D eigenvalue weighted by Gasteiger charge is -2.34. The van der Waals surface area contributed by atoms with E-state index in [1.54, 1.807) is 43.3 Å². The van der Waals surface area contributed by atoms with Gasteiger partial charge in [0.05, 0.1) is 11.9 Å². The molecular weight excluding hydrogens is 581 g/mol. The minimum absolute atomic E-state index is 0.0508. The summed E-state index contributed by atoms with van der Waals surface area (Å²) in [5.41, 5.74) is 2.62. The zero-order chi connectivity index (χ0) is 29.6. The average molecular weight is 617 g/mol. The van der Waals surface area contributed by atoms with Crippen LogP contribution in [0.3, 0.4) is 0 Å². The molecule has 1 fully saturated rings. The number of benzene rings is 3. The summed E-state index contributed by atoms with van der Waals surface area (Å²) >= 11 is 12.3. The quantitative estimate of drug-likeness (QED) is 0.297. The highest BCUT2D eigenvalue weighted by Crippen LogP contribution is 2.27. The van der Waals surface area contributed by atoms with Crippen LogP contribution in [0.15, 0.2) is 72.8 Å². The topological polar surface area (TPSA) is 86.8 Å². The molecule has 41 heavy (non-hydrogen) atoms. The minimum Gasteiger partial charge on any atom is -0.352 e. The maximum absolute atomic E-state index is 14.2. The van der Waals surface area contributed by atoms with Crippen molar-refractivity contribution in [2.75, 3.05) is 17.1 Å². The lowest BCUT2D eigenvalue weighted by atomic mass is 10.0. The van der Waals surface area contributed by atoms with Crippen molar-refractivity contribution in [3.8, 4) is 0 Å². The van der Waals surface area contributed by atoms with Crippen molar-refractivity contribution in [2.45, 2.75) is 57.7 Å². The number of anilines is 1. The molecule has 4 rings (SSSR count). The normalized spacial score (nSPS) is 14.4. The standard InChI is InChI=1S/C31H35Cl2N3O4S/c1-22-12-15-26(33)19-28(22)36(41(2,39)40)21-30(37)35(20-24-13-16-25(32)17-14-24)29(18-23-8-4-3-5-9-23)31(38)34-27-10-6-7-11-27/h3-5,8-9,12-17,19,27,29H,6-7,10-11,18,20-21H2,1-2H3,(H,34,38)/t29-/m1/s1. The predicted octanol–water partition coefficient (Wildman–Crippen LogP) is 5.77. The van der Waals surface area contributed by atoms with Gasteiger partial charge in [0.25, 0.3) is 0 Å². The Balaban J connectivity index is 1.74. The van der Waals surface area contributed by atoms with Crippen LogP contribution < -0.4 is 9.62 Å². The van der Waals surface area contributed by atoms with Crippen LogP contribution in [0.5, 0.6) is 0 Å². The maximum Gasteiger partial charge on any atom is 0.244 e. The van der Waals surface area contributed by atoms with Crippen molar-refractivity contribution in [3.63, 3.8) is 0 Å². The van der Waals surface area contributed by atoms with Crippen LogP contribution in [0.2, 0.25) is 10.0 Å². The Hall–Kier alpha value is -3.07. The van der Waals surface area contributed by atoms with Crippen molar-refractivity contribution >= 4 is 50.7 Å². The summed E-state index contributed by atoms with van der Waals surface area (Å²) < 4.78 is 27.0. The third-order valence-corrected chi connectivity index (χ3v) is 8.97. The van der Waals surface area contributed by atoms with Crippen LogP contribution in [0.1, 0.15) is 42.4 Å². The van der Waals surface area contributed by atoms with Gasteiger partial charge in [-0.3, -0.25) is 13.9 Å². The fourth-order valence-corrected chi connectivity index (χ4v) is 6.35. The van der Waals surface area contributed by atoms with Gasteiger partial charge in [0.1, 0.15) is 12.6 Å². The van der Waals surface area contributed by atoms with Gasteiger partial charge in [-0.15, -0.1) is 0 Å². The second kappa shape index (κ2) is 13.7. The summed E-state index contributed by atoms with van der Waals surface area (Å²) in [4.78, 5) is 29.5. The second-order valence-corrected chi connectivity index (χ2v) is 13.3. The fraction of sp³-hybridized carbons (Fsp3) is 0.355. The Morgan fingerprint density at radius 3 is 2.20 bits per heavy atom. The van der Waals surface area contributed by atoms with E-state index in [9.17, 15) is 18.0 Å². The monoisotopic (exact) mass is 615 g/mol. The average Bonchev–Trinajstić information content (AvgIpc) is 3.44. The SMILES string of the molecule is Cc1ccc(Cl)cc1N(CC(=O)N(Cc1ccc(Cl)cc1)[C@H](Cc1ccccc1)C(=O)NC1CCCC1)S(C)(=O)=O. The van der Waals surface area contributed by atoms with Gasteiger partial charge in [0, 0.05) is 29.1 Å². The molecule has 0 spiro atoms. The van der Waals surface area contributed by atoms with Crippen molar-refractivity contribution < 1.29 is 18.0 Å². The van der Waals surface area contributed by atoms with E-state index in [1.807, 2.05) is 30.3 Å². The van der Waals surface area contributed by atoms with Gasteiger partial charge in [0.15, 0.2) is 0 Å². The van der Waals surface area contributed by atoms with E-state index in [1.165, 1.54) is 11.0 Å². The molecule has 218 valence electrons. The highest BCUT2D eigenvalue weighted by atomic mass is 35.5. The number of hydrogen-bond donors (Lipinski definition) is 1. The zero-order valence-corrected chi connectivity index (χ0v) is 25.6. The predicted molar refractivity (Wildman–Crippen MR) is 165 cm³/mol. The van der Waals surface area contributed by atoms with Gasteiger partial charge in [-0.1, -0.05) is 84.6 Å². The van der Waals surface area contributed by atoms with Crippen LogP contribution in [-0.2, 0) is 32.6 Å². The summed E-state index contributed by atoms with van der Waals surface area (Å²) in [5, 5.41) is 4.06. The number of rotatable bonds is 11. The summed E-state index contributed by atoms with van der Waals surface area (Å²) in [6.45, 7) is 1.36. The van der Waals surface area contributed by atoms with Gasteiger partial charge in [-0.25, -0.2) is 8.42 Å². The lowest BCUT2D eigenvalue weighted by molar-refractivity contribution is -0.140. The van der Waals surface area contributed by atoms with Gasteiger partial charge in [0.2, 0.25) is 21.8 Å². The van der Waals surface area contributed by atoms with Crippen LogP contribution >= 0.6 is 23.2 Å². The summed E-state index contributed by atoms with van der Waals surface area (Å²) in [5.74, 6) is -0.764. The highest BCUT2D eigenvalue weighted by Gasteiger charge is 2.34. The first-order valence-electron chi connectivity index (χ1n) is 13.6. The highest BCUT2D eigenvalue weighted by molar-refractivity contribution is 7.92. The molecule has 0 aromatic heterocycles. The summed E-state index contributed by atoms with van der Waals surface area (Å²) in [6, 6.07) is 20.6. The van der Waals surface area contributed by atoms with E-state index < -0.39 is 28.5 Å². The number of nitrogens with one attached hydrogen (secondary N) is 1. The Bertz CT molecular complexity index is 1460. The number of sulfonamides is 1. The molecule has 0 heterocycles. The molecule has 1 aliphatic rings. The van der Waals surface area contributed by atoms with E-state index in [0.717, 1.165) is 47.4 Å². The Kier molecular flexibility index (Phi) is 10.3. The number of nitrogens with zero attached hydrogens (tertiary/aromatic N) is 2. The van der Waals surface area contributed by atoms with Crippen molar-refractivity contribution in [2.24, 2.45) is 0 Å². The van der Waals surface area contributed by atoms with E-state index in [4.69, 9.17) is 23.2 Å². The third-order valence-electron chi connectivity index (χ3n) is 7.36. The Morgan fingerprint density at radius 1 is 0.927 bits per heavy atom. The molecule has 0 bridgehead atoms. The molecule has 0 unspecified atom stereocenters. The molecule has 0 aliphatic heterocycles. The van der Waals surface area contributed by atoms with Gasteiger partial charge < -0.3 is 10.2 Å². The lowest BCUT2D eigenvalue weighted by Crippen LogP contribution is -2.54. The van der Waals surface area contributed by atoms with Crippen molar-refractivity contribution in [3.05, 3.63) is 99.5 Å². The number of carbonyl (C=O) groups is 2. The van der Waals surface area contributed by atoms with Crippen molar-refractivity contribution in [1.29, 1.82) is 0 Å². The molecule has 1 N–H and O–H groups in total. The van der Waals surface area contributed by atoms with E-state index in [-0.39, 0.29) is 24.9 Å². The maximum atomic E-state index is 14.2. The molecule has 3 aromatic rings. The van der Waals surface area contributed by atoms with Crippen LogP contribution in [-0.4, -0.2) is 50.0 Å². The number of halogens is 2. The third kappa shape index (κ3) is 8.47. The van der Waals surface area contributed by atoms with E-state index >= 15 is 0 Å². The van der Waals surface area contributed by atoms with E-state index in [0.29, 0.717) is 21.3 Å². The van der Waals surface area contributed by atoms with Gasteiger partial charge in [-0.2, -0.15) is 0 Å². The number of hydrogen-bond acceptors (Lipinski definition) is 4. The summed E-state index contributed by atoms with van der Waals surface area (Å²) in [6.07, 6.45) is 5.20. The first-order valence-corrected chi connectivity index (χ1v) is 16.2. The van der Waals surface area contributed by atoms with Gasteiger partial charge >= 0.3 is 0 Å². The molecule has 0 radical (unpaired) electrons. The molecule has 1 aliphatic carbocycles. The van der Waals surface area contributed by atoms with Crippen LogP contribution in [0, 0.1) is 6.92 Å². The molecule has 10 heteroatoms. The van der Waals surface area contributed by atoms with Crippen LogP contribution in [0.25, 0.3) is 0 Å². The molecule has 1 saturated carbocycles. The molecule has 1 atom stereocenters. The number of aryl methyl sites for hydroxylation is 1. The van der Waals surface area contributed by atoms with Crippen LogP contribution in [0.4, 0.5) is 5.69 Å². The molecular formula is C31H35Cl2N3O4S. The first kappa shape index (κ1) is 30.9. The number of amides is 2. The fourth-order valence-electron chi connectivity index (χ4n) is 5.15. The smallest absolute Gasteiger partial charge is 0.244 e. The Morgan fingerprint density at radius 2 is 1.56 bits per heavy atom. The van der Waals surface area contributed by atoms with E-state index in [2.05, 4.69) is 5.32 Å². The largest absolute Gasteiger partial charge is 0.352 e. The Labute approximate surface area is 252 Å². The first-order chi connectivity index (χ1) is 19.5. The molecule has 0 saturated heterocycles. The minimum atomic E-state index is -3.88. The molecule has 2 amide bonds. The number of carbonyl (C=O) groups excluding carboxylic acids is 2. The molecule has 3 aromatic carbocycles. The summed E-state index contributed by atoms with van der Waals surface area (Å²) in [7, 11) is -3.88. The van der Waals surface area contributed by atoms with Crippen molar-refractivity contribution in [1.82, 2.24) is 10.2 Å².